The minimum Gasteiger partial charge on any atom is -0.339 e. The van der Waals surface area contributed by atoms with Gasteiger partial charge in [-0.05, 0) is 50.5 Å². The third-order valence-electron chi connectivity index (χ3n) is 5.12. The third kappa shape index (κ3) is 4.29. The van der Waals surface area contributed by atoms with E-state index in [1.165, 1.54) is 25.7 Å². The molecule has 1 saturated carbocycles. The van der Waals surface area contributed by atoms with Crippen LogP contribution in [0.5, 0.6) is 0 Å². The minimum atomic E-state index is 0.425. The van der Waals surface area contributed by atoms with Crippen LogP contribution in [0.2, 0.25) is 0 Å². The molecule has 4 nitrogen and oxygen atoms in total. The average Bonchev–Trinajstić information content (AvgIpc) is 2.92. The van der Waals surface area contributed by atoms with Crippen LogP contribution < -0.4 is 5.32 Å². The maximum Gasteiger partial charge on any atom is 0.228 e. The molecule has 1 heterocycles. The molecule has 1 atom stereocenters. The van der Waals surface area contributed by atoms with Crippen LogP contribution in [0.4, 0.5) is 0 Å². The van der Waals surface area contributed by atoms with Gasteiger partial charge in [0.2, 0.25) is 5.89 Å². The van der Waals surface area contributed by atoms with Gasteiger partial charge in [-0.2, -0.15) is 4.98 Å². The monoisotopic (exact) mass is 293 g/mol. The predicted octanol–water partition coefficient (Wildman–Crippen LogP) is 3.93. The fraction of sp³-hybridized carbons (Fsp3) is 0.882. The molecular formula is C17H31N3O. The van der Waals surface area contributed by atoms with Crippen molar-refractivity contribution in [3.8, 4) is 0 Å². The van der Waals surface area contributed by atoms with E-state index < -0.39 is 0 Å². The maximum absolute atomic E-state index is 5.45. The largest absolute Gasteiger partial charge is 0.339 e. The summed E-state index contributed by atoms with van der Waals surface area (Å²) in [7, 11) is 1.99. The Morgan fingerprint density at radius 3 is 2.43 bits per heavy atom. The summed E-state index contributed by atoms with van der Waals surface area (Å²) < 4.78 is 5.45. The summed E-state index contributed by atoms with van der Waals surface area (Å²) in [5, 5.41) is 7.52. The van der Waals surface area contributed by atoms with E-state index in [4.69, 9.17) is 4.52 Å². The summed E-state index contributed by atoms with van der Waals surface area (Å²) >= 11 is 0. The Hall–Kier alpha value is -0.900. The zero-order valence-corrected chi connectivity index (χ0v) is 14.3. The van der Waals surface area contributed by atoms with Gasteiger partial charge in [0.1, 0.15) is 0 Å². The summed E-state index contributed by atoms with van der Waals surface area (Å²) in [5.41, 5.74) is 0.425. The van der Waals surface area contributed by atoms with Gasteiger partial charge in [0, 0.05) is 18.4 Å². The van der Waals surface area contributed by atoms with Gasteiger partial charge < -0.3 is 9.84 Å². The smallest absolute Gasteiger partial charge is 0.228 e. The molecule has 1 unspecified atom stereocenters. The van der Waals surface area contributed by atoms with E-state index in [1.807, 2.05) is 7.05 Å². The van der Waals surface area contributed by atoms with E-state index in [9.17, 15) is 0 Å². The van der Waals surface area contributed by atoms with E-state index in [0.29, 0.717) is 17.4 Å². The highest BCUT2D eigenvalue weighted by atomic mass is 16.5. The molecule has 1 fully saturated rings. The molecule has 2 rings (SSSR count). The molecular weight excluding hydrogens is 262 g/mol. The second-order valence-electron chi connectivity index (χ2n) is 7.56. The van der Waals surface area contributed by atoms with E-state index in [1.54, 1.807) is 0 Å². The zero-order valence-electron chi connectivity index (χ0n) is 14.3. The Labute approximate surface area is 129 Å². The summed E-state index contributed by atoms with van der Waals surface area (Å²) in [6, 6.07) is 0.426. The molecule has 0 bridgehead atoms. The Balaban J connectivity index is 1.91. The molecule has 1 aromatic rings. The van der Waals surface area contributed by atoms with Crippen LogP contribution in [0.15, 0.2) is 4.52 Å². The van der Waals surface area contributed by atoms with Gasteiger partial charge in [-0.25, -0.2) is 0 Å². The van der Waals surface area contributed by atoms with Crippen LogP contribution >= 0.6 is 0 Å². The molecule has 1 N–H and O–H groups in total. The fourth-order valence-electron chi connectivity index (χ4n) is 3.40. The topological polar surface area (TPSA) is 51.0 Å². The van der Waals surface area contributed by atoms with Crippen molar-refractivity contribution in [2.45, 2.75) is 78.2 Å². The Morgan fingerprint density at radius 1 is 1.24 bits per heavy atom. The second kappa shape index (κ2) is 6.91. The van der Waals surface area contributed by atoms with Crippen molar-refractivity contribution in [1.29, 1.82) is 0 Å². The number of rotatable bonds is 5. The first-order chi connectivity index (χ1) is 9.94. The molecule has 1 aliphatic carbocycles. The number of aromatic nitrogens is 2. The molecule has 1 aliphatic rings. The highest BCUT2D eigenvalue weighted by Crippen LogP contribution is 2.42. The van der Waals surface area contributed by atoms with Crippen molar-refractivity contribution in [2.24, 2.45) is 11.3 Å². The van der Waals surface area contributed by atoms with Crippen molar-refractivity contribution in [3.05, 3.63) is 11.7 Å². The van der Waals surface area contributed by atoms with Crippen LogP contribution in [0.1, 0.15) is 77.4 Å². The first-order valence-corrected chi connectivity index (χ1v) is 8.43. The van der Waals surface area contributed by atoms with Crippen molar-refractivity contribution >= 4 is 0 Å². The molecule has 120 valence electrons. The van der Waals surface area contributed by atoms with Gasteiger partial charge in [-0.3, -0.25) is 0 Å². The van der Waals surface area contributed by atoms with E-state index in [0.717, 1.165) is 30.5 Å². The van der Waals surface area contributed by atoms with E-state index in [-0.39, 0.29) is 0 Å². The molecule has 0 saturated heterocycles. The van der Waals surface area contributed by atoms with Gasteiger partial charge in [0.25, 0.3) is 0 Å². The normalized spacial score (nSPS) is 25.0. The molecule has 0 radical (unpaired) electrons. The van der Waals surface area contributed by atoms with E-state index in [2.05, 4.69) is 43.2 Å². The number of nitrogens with one attached hydrogen (secondary N) is 1. The number of nitrogens with zero attached hydrogens (tertiary/aromatic N) is 2. The first kappa shape index (κ1) is 16.5. The van der Waals surface area contributed by atoms with Crippen LogP contribution in [0, 0.1) is 11.3 Å². The lowest BCUT2D eigenvalue weighted by Crippen LogP contribution is -2.26. The van der Waals surface area contributed by atoms with Crippen molar-refractivity contribution in [1.82, 2.24) is 15.5 Å². The summed E-state index contributed by atoms with van der Waals surface area (Å²) in [5.74, 6) is 3.04. The van der Waals surface area contributed by atoms with Crippen LogP contribution in [0.25, 0.3) is 0 Å². The SMILES string of the molecule is CCC(Cc1nc(C2CCC(C(C)(C)C)CC2)no1)NC. The van der Waals surface area contributed by atoms with Gasteiger partial charge in [-0.15, -0.1) is 0 Å². The average molecular weight is 293 g/mol. The summed E-state index contributed by atoms with van der Waals surface area (Å²) in [6.07, 6.45) is 6.87. The van der Waals surface area contributed by atoms with Crippen LogP contribution in [0.3, 0.4) is 0 Å². The zero-order chi connectivity index (χ0) is 15.5. The second-order valence-corrected chi connectivity index (χ2v) is 7.56. The molecule has 0 aromatic carbocycles. The van der Waals surface area contributed by atoms with Crippen LogP contribution in [-0.2, 0) is 6.42 Å². The Morgan fingerprint density at radius 2 is 1.90 bits per heavy atom. The van der Waals surface area contributed by atoms with Crippen LogP contribution in [-0.4, -0.2) is 23.2 Å². The van der Waals surface area contributed by atoms with Gasteiger partial charge >= 0.3 is 0 Å². The molecule has 21 heavy (non-hydrogen) atoms. The van der Waals surface area contributed by atoms with Gasteiger partial charge in [-0.1, -0.05) is 32.9 Å². The lowest BCUT2D eigenvalue weighted by molar-refractivity contribution is 0.166. The first-order valence-electron chi connectivity index (χ1n) is 8.43. The fourth-order valence-corrected chi connectivity index (χ4v) is 3.40. The number of hydrogen-bond acceptors (Lipinski definition) is 4. The molecule has 4 heteroatoms. The van der Waals surface area contributed by atoms with Gasteiger partial charge in [0.15, 0.2) is 5.82 Å². The Kier molecular flexibility index (Phi) is 5.42. The molecule has 0 amide bonds. The highest BCUT2D eigenvalue weighted by Gasteiger charge is 2.32. The van der Waals surface area contributed by atoms with Crippen molar-refractivity contribution in [2.75, 3.05) is 7.05 Å². The quantitative estimate of drug-likeness (QED) is 0.893. The lowest BCUT2D eigenvalue weighted by atomic mass is 9.70. The number of hydrogen-bond donors (Lipinski definition) is 1. The lowest BCUT2D eigenvalue weighted by Gasteiger charge is -2.36. The van der Waals surface area contributed by atoms with E-state index >= 15 is 0 Å². The summed E-state index contributed by atoms with van der Waals surface area (Å²) in [6.45, 7) is 9.24. The Bertz CT molecular complexity index is 423. The van der Waals surface area contributed by atoms with Gasteiger partial charge in [0.05, 0.1) is 0 Å². The molecule has 0 aliphatic heterocycles. The molecule has 1 aromatic heterocycles. The minimum absolute atomic E-state index is 0.425. The third-order valence-corrected chi connectivity index (χ3v) is 5.12. The maximum atomic E-state index is 5.45. The highest BCUT2D eigenvalue weighted by molar-refractivity contribution is 4.99. The van der Waals surface area contributed by atoms with Crippen molar-refractivity contribution < 1.29 is 4.52 Å². The molecule has 0 spiro atoms. The predicted molar refractivity (Wildman–Crippen MR) is 85.3 cm³/mol. The van der Waals surface area contributed by atoms with Crippen molar-refractivity contribution in [3.63, 3.8) is 0 Å². The summed E-state index contributed by atoms with van der Waals surface area (Å²) in [4.78, 5) is 4.64. The number of likely N-dealkylation sites (N-methyl/N-ethyl adjacent to an activating group) is 1. The standard InChI is InChI=1S/C17H31N3O/c1-6-14(18-5)11-15-19-16(20-21-15)12-7-9-13(10-8-12)17(2,3)4/h12-14,18H,6-11H2,1-5H3.